The number of hydrogen-bond acceptors (Lipinski definition) is 2. The van der Waals surface area contributed by atoms with Gasteiger partial charge in [-0.2, -0.15) is 0 Å². The molecule has 1 aliphatic rings. The largest absolute Gasteiger partial charge is 0.281 e. The van der Waals surface area contributed by atoms with Crippen LogP contribution in [-0.2, 0) is 10.2 Å². The zero-order valence-corrected chi connectivity index (χ0v) is 11.7. The molecule has 4 heteroatoms. The highest BCUT2D eigenvalue weighted by Gasteiger charge is 2.45. The molecule has 0 saturated heterocycles. The van der Waals surface area contributed by atoms with Crippen LogP contribution in [0.4, 0.5) is 0 Å². The Morgan fingerprint density at radius 1 is 1.35 bits per heavy atom. The van der Waals surface area contributed by atoms with Gasteiger partial charge in [-0.15, -0.1) is 0 Å². The molecule has 2 amide bonds. The van der Waals surface area contributed by atoms with Crippen molar-refractivity contribution >= 4 is 27.7 Å². The molecule has 1 aromatic carbocycles. The van der Waals surface area contributed by atoms with Gasteiger partial charge < -0.3 is 0 Å². The van der Waals surface area contributed by atoms with Crippen LogP contribution in [0.2, 0.25) is 0 Å². The molecule has 1 atom stereocenters. The molecule has 2 rings (SSSR count). The maximum absolute atomic E-state index is 12.2. The molecule has 0 spiro atoms. The van der Waals surface area contributed by atoms with Crippen molar-refractivity contribution in [3.8, 4) is 0 Å². The molecule has 1 aliphatic heterocycles. The summed E-state index contributed by atoms with van der Waals surface area (Å²) in [6.07, 6.45) is 0. The van der Waals surface area contributed by atoms with Crippen molar-refractivity contribution in [3.05, 3.63) is 34.9 Å². The van der Waals surface area contributed by atoms with Gasteiger partial charge in [0, 0.05) is 17.9 Å². The van der Waals surface area contributed by atoms with E-state index in [0.717, 1.165) is 11.1 Å². The average Bonchev–Trinajstić information content (AvgIpc) is 2.33. The quantitative estimate of drug-likeness (QED) is 0.589. The van der Waals surface area contributed by atoms with E-state index in [9.17, 15) is 9.59 Å². The summed E-state index contributed by atoms with van der Waals surface area (Å²) in [6, 6.07) is 5.63. The van der Waals surface area contributed by atoms with Gasteiger partial charge in [-0.3, -0.25) is 14.5 Å². The lowest BCUT2D eigenvalue weighted by Gasteiger charge is -2.37. The highest BCUT2D eigenvalue weighted by Crippen LogP contribution is 2.36. The number of fused-ring (bicyclic) bond motifs is 1. The van der Waals surface area contributed by atoms with E-state index in [1.165, 1.54) is 11.9 Å². The Morgan fingerprint density at radius 3 is 2.59 bits per heavy atom. The van der Waals surface area contributed by atoms with Crippen LogP contribution in [0.25, 0.3) is 0 Å². The van der Waals surface area contributed by atoms with E-state index in [0.29, 0.717) is 10.9 Å². The molecule has 3 nitrogen and oxygen atoms in total. The first-order chi connectivity index (χ1) is 7.91. The summed E-state index contributed by atoms with van der Waals surface area (Å²) in [7, 11) is 1.54. The number of aryl methyl sites for hydroxylation is 1. The lowest BCUT2D eigenvalue weighted by atomic mass is 9.77. The summed E-state index contributed by atoms with van der Waals surface area (Å²) in [5, 5.41) is 0.507. The maximum Gasteiger partial charge on any atom is 0.260 e. The fourth-order valence-electron chi connectivity index (χ4n) is 2.19. The number of carbonyl (C=O) groups is 2. The first-order valence-corrected chi connectivity index (χ1v) is 6.53. The summed E-state index contributed by atoms with van der Waals surface area (Å²) >= 11 is 3.39. The molecule has 17 heavy (non-hydrogen) atoms. The molecule has 0 N–H and O–H groups in total. The van der Waals surface area contributed by atoms with Crippen molar-refractivity contribution in [2.24, 2.45) is 0 Å². The Labute approximate surface area is 109 Å². The summed E-state index contributed by atoms with van der Waals surface area (Å²) in [5.41, 5.74) is 1.84. The van der Waals surface area contributed by atoms with E-state index >= 15 is 0 Å². The molecule has 0 saturated carbocycles. The van der Waals surface area contributed by atoms with Gasteiger partial charge in [-0.05, 0) is 25.5 Å². The summed E-state index contributed by atoms with van der Waals surface area (Å²) in [4.78, 5) is 25.5. The minimum atomic E-state index is -0.663. The first-order valence-electron chi connectivity index (χ1n) is 5.41. The van der Waals surface area contributed by atoms with Crippen LogP contribution in [-0.4, -0.2) is 29.1 Å². The van der Waals surface area contributed by atoms with E-state index in [1.807, 2.05) is 26.0 Å². The van der Waals surface area contributed by atoms with E-state index in [1.54, 1.807) is 6.07 Å². The highest BCUT2D eigenvalue weighted by molar-refractivity contribution is 9.09. The van der Waals surface area contributed by atoms with Gasteiger partial charge in [0.2, 0.25) is 5.91 Å². The van der Waals surface area contributed by atoms with Crippen molar-refractivity contribution in [2.75, 3.05) is 12.4 Å². The van der Waals surface area contributed by atoms with Gasteiger partial charge in [-0.1, -0.05) is 33.6 Å². The second-order valence-corrected chi connectivity index (χ2v) is 5.24. The Balaban J connectivity index is 2.74. The topological polar surface area (TPSA) is 37.4 Å². The van der Waals surface area contributed by atoms with Crippen LogP contribution in [0.1, 0.15) is 28.4 Å². The van der Waals surface area contributed by atoms with E-state index in [2.05, 4.69) is 15.9 Å². The summed E-state index contributed by atoms with van der Waals surface area (Å²) < 4.78 is 0. The van der Waals surface area contributed by atoms with Crippen LogP contribution in [0.5, 0.6) is 0 Å². The van der Waals surface area contributed by atoms with Crippen molar-refractivity contribution in [1.29, 1.82) is 0 Å². The lowest BCUT2D eigenvalue weighted by Crippen LogP contribution is -2.52. The smallest absolute Gasteiger partial charge is 0.260 e. The second kappa shape index (κ2) is 3.95. The van der Waals surface area contributed by atoms with Gasteiger partial charge in [0.15, 0.2) is 0 Å². The predicted octanol–water partition coefficient (Wildman–Crippen LogP) is 2.26. The molecule has 0 aliphatic carbocycles. The molecule has 0 bridgehead atoms. The minimum Gasteiger partial charge on any atom is -0.281 e. The standard InChI is InChI=1S/C13H14BrNO2/c1-8-4-5-9-10(6-8)13(2,7-14)12(17)15(3)11(9)16/h4-6H,7H2,1-3H3. The molecular weight excluding hydrogens is 282 g/mol. The number of benzene rings is 1. The van der Waals surface area contributed by atoms with E-state index in [4.69, 9.17) is 0 Å². The van der Waals surface area contributed by atoms with E-state index < -0.39 is 5.41 Å². The second-order valence-electron chi connectivity index (χ2n) is 4.68. The van der Waals surface area contributed by atoms with Gasteiger partial charge in [0.1, 0.15) is 0 Å². The van der Waals surface area contributed by atoms with Gasteiger partial charge in [-0.25, -0.2) is 0 Å². The molecule has 90 valence electrons. The maximum atomic E-state index is 12.2. The normalized spacial score (nSPS) is 23.9. The lowest BCUT2D eigenvalue weighted by molar-refractivity contribution is -0.132. The molecule has 1 unspecified atom stereocenters. The number of rotatable bonds is 1. The molecule has 1 aromatic rings. The molecular formula is C13H14BrNO2. The van der Waals surface area contributed by atoms with Gasteiger partial charge in [0.25, 0.3) is 5.91 Å². The number of halogens is 1. The Hall–Kier alpha value is -1.16. The average molecular weight is 296 g/mol. The number of alkyl halides is 1. The van der Waals surface area contributed by atoms with Crippen molar-refractivity contribution < 1.29 is 9.59 Å². The van der Waals surface area contributed by atoms with Crippen molar-refractivity contribution in [2.45, 2.75) is 19.3 Å². The third-order valence-electron chi connectivity index (χ3n) is 3.35. The summed E-state index contributed by atoms with van der Waals surface area (Å²) in [6.45, 7) is 3.83. The molecule has 0 fully saturated rings. The van der Waals surface area contributed by atoms with Crippen LogP contribution in [0, 0.1) is 6.92 Å². The highest BCUT2D eigenvalue weighted by atomic mass is 79.9. The Kier molecular flexibility index (Phi) is 2.86. The fourth-order valence-corrected chi connectivity index (χ4v) is 2.73. The number of hydrogen-bond donors (Lipinski definition) is 0. The minimum absolute atomic E-state index is 0.155. The zero-order valence-electron chi connectivity index (χ0n) is 10.1. The number of likely N-dealkylation sites (N-methyl/N-ethyl adjacent to an activating group) is 1. The number of nitrogens with zero attached hydrogens (tertiary/aromatic N) is 1. The van der Waals surface area contributed by atoms with Crippen LogP contribution >= 0.6 is 15.9 Å². The third-order valence-corrected chi connectivity index (χ3v) is 4.47. The predicted molar refractivity (Wildman–Crippen MR) is 69.4 cm³/mol. The van der Waals surface area contributed by atoms with Crippen LogP contribution in [0.3, 0.4) is 0 Å². The number of carbonyl (C=O) groups excluding carboxylic acids is 2. The Morgan fingerprint density at radius 2 is 2.00 bits per heavy atom. The monoisotopic (exact) mass is 295 g/mol. The first kappa shape index (κ1) is 12.3. The molecule has 1 heterocycles. The fraction of sp³-hybridized carbons (Fsp3) is 0.385. The van der Waals surface area contributed by atoms with Gasteiger partial charge >= 0.3 is 0 Å². The summed E-state index contributed by atoms with van der Waals surface area (Å²) in [5.74, 6) is -0.374. The molecule has 0 radical (unpaired) electrons. The zero-order chi connectivity index (χ0) is 12.8. The van der Waals surface area contributed by atoms with Gasteiger partial charge in [0.05, 0.1) is 5.41 Å². The van der Waals surface area contributed by atoms with Crippen LogP contribution in [0.15, 0.2) is 18.2 Å². The molecule has 0 aromatic heterocycles. The number of amides is 2. The van der Waals surface area contributed by atoms with E-state index in [-0.39, 0.29) is 11.8 Å². The SMILES string of the molecule is Cc1ccc2c(c1)C(C)(CBr)C(=O)N(C)C2=O. The Bertz CT molecular complexity index is 512. The third kappa shape index (κ3) is 1.62. The van der Waals surface area contributed by atoms with Crippen LogP contribution < -0.4 is 0 Å². The van der Waals surface area contributed by atoms with Crippen molar-refractivity contribution in [3.63, 3.8) is 0 Å². The number of imide groups is 1. The van der Waals surface area contributed by atoms with Crippen molar-refractivity contribution in [1.82, 2.24) is 4.90 Å².